The summed E-state index contributed by atoms with van der Waals surface area (Å²) in [6, 6.07) is 0. The minimum atomic E-state index is -0.0183. The lowest BCUT2D eigenvalue weighted by Gasteiger charge is -2.59. The molecule has 1 aromatic heterocycles. The van der Waals surface area contributed by atoms with Gasteiger partial charge >= 0.3 is 0 Å². The number of oxime groups is 1. The van der Waals surface area contributed by atoms with Crippen molar-refractivity contribution >= 4 is 11.5 Å². The van der Waals surface area contributed by atoms with E-state index in [0.717, 1.165) is 62.1 Å². The van der Waals surface area contributed by atoms with Crippen molar-refractivity contribution in [2.75, 3.05) is 20.7 Å². The SMILES string of the molecule is CN(C)Cc1cnc(CCON=C2CC[C@@]3(C)C(CCC4C3CC[C@]3(C)C(=O)CCC43)C2)o1. The fourth-order valence-electron chi connectivity index (χ4n) is 8.03. The Bertz CT molecular complexity index is 908. The first-order valence-corrected chi connectivity index (χ1v) is 13.1. The molecule has 0 N–H and O–H groups in total. The standard InChI is InChI=1S/C27H41N3O3/c1-26-12-9-19(29-32-14-11-25-28-16-20(33-25)17-30(3)4)15-18(26)5-6-21-22-7-8-24(31)27(22,2)13-10-23(21)26/h16,18,21-23H,5-15,17H2,1-4H3/t18?,21?,22?,23?,26-,27-/m0/s1. The van der Waals surface area contributed by atoms with Gasteiger partial charge in [0.05, 0.1) is 24.9 Å². The minimum Gasteiger partial charge on any atom is -0.444 e. The fourth-order valence-corrected chi connectivity index (χ4v) is 8.03. The van der Waals surface area contributed by atoms with Crippen molar-refractivity contribution in [3.8, 4) is 0 Å². The Hall–Kier alpha value is -1.69. The smallest absolute Gasteiger partial charge is 0.197 e. The number of hydrogen-bond acceptors (Lipinski definition) is 6. The molecule has 0 bridgehead atoms. The molecule has 4 aliphatic rings. The molecule has 1 aromatic rings. The van der Waals surface area contributed by atoms with Crippen LogP contribution in [0.3, 0.4) is 0 Å². The molecule has 182 valence electrons. The summed E-state index contributed by atoms with van der Waals surface area (Å²) in [5, 5.41) is 4.55. The third-order valence-corrected chi connectivity index (χ3v) is 9.88. The molecule has 0 amide bonds. The van der Waals surface area contributed by atoms with Crippen LogP contribution < -0.4 is 0 Å². The molecule has 33 heavy (non-hydrogen) atoms. The normalized spacial score (nSPS) is 39.4. The van der Waals surface area contributed by atoms with Gasteiger partial charge in [0.1, 0.15) is 18.2 Å². The maximum absolute atomic E-state index is 12.6. The molecule has 0 spiro atoms. The summed E-state index contributed by atoms with van der Waals surface area (Å²) >= 11 is 0. The molecule has 4 saturated carbocycles. The lowest BCUT2D eigenvalue weighted by molar-refractivity contribution is -0.137. The van der Waals surface area contributed by atoms with Gasteiger partial charge in [0.25, 0.3) is 0 Å². The van der Waals surface area contributed by atoms with Gasteiger partial charge < -0.3 is 14.2 Å². The molecule has 0 aliphatic heterocycles. The predicted octanol–water partition coefficient (Wildman–Crippen LogP) is 5.26. The summed E-state index contributed by atoms with van der Waals surface area (Å²) < 4.78 is 5.76. The lowest BCUT2D eigenvalue weighted by atomic mass is 9.45. The van der Waals surface area contributed by atoms with Crippen LogP contribution in [0.1, 0.15) is 83.3 Å². The molecule has 6 heteroatoms. The number of aromatic nitrogens is 1. The molecule has 4 fully saturated rings. The second-order valence-electron chi connectivity index (χ2n) is 12.0. The van der Waals surface area contributed by atoms with Gasteiger partial charge in [-0.1, -0.05) is 19.0 Å². The molecule has 6 nitrogen and oxygen atoms in total. The van der Waals surface area contributed by atoms with Crippen LogP contribution in [0, 0.1) is 34.5 Å². The number of nitrogens with zero attached hydrogens (tertiary/aromatic N) is 3. The number of carbonyl (C=O) groups excluding carboxylic acids is 1. The Kier molecular flexibility index (Phi) is 6.17. The van der Waals surface area contributed by atoms with E-state index in [0.29, 0.717) is 36.1 Å². The van der Waals surface area contributed by atoms with E-state index in [4.69, 9.17) is 9.25 Å². The first-order chi connectivity index (χ1) is 15.8. The first-order valence-electron chi connectivity index (χ1n) is 13.1. The van der Waals surface area contributed by atoms with Crippen LogP contribution >= 0.6 is 0 Å². The third kappa shape index (κ3) is 4.17. The Balaban J connectivity index is 1.16. The summed E-state index contributed by atoms with van der Waals surface area (Å²) in [5.41, 5.74) is 1.61. The number of Topliss-reactive ketones (excluding diaryl/α,β-unsaturated/α-hetero) is 1. The number of carbonyl (C=O) groups is 1. The van der Waals surface area contributed by atoms with Crippen LogP contribution in [0.25, 0.3) is 0 Å². The van der Waals surface area contributed by atoms with Crippen LogP contribution in [-0.4, -0.2) is 42.1 Å². The Morgan fingerprint density at radius 2 is 2.00 bits per heavy atom. The van der Waals surface area contributed by atoms with Gasteiger partial charge in [-0.3, -0.25) is 4.79 Å². The van der Waals surface area contributed by atoms with E-state index in [9.17, 15) is 4.79 Å². The van der Waals surface area contributed by atoms with Crippen LogP contribution in [0.5, 0.6) is 0 Å². The highest BCUT2D eigenvalue weighted by Gasteiger charge is 2.60. The van der Waals surface area contributed by atoms with Gasteiger partial charge in [-0.15, -0.1) is 0 Å². The van der Waals surface area contributed by atoms with Crippen LogP contribution in [0.15, 0.2) is 15.8 Å². The average Bonchev–Trinajstić information content (AvgIpc) is 3.34. The van der Waals surface area contributed by atoms with Crippen LogP contribution in [0.4, 0.5) is 0 Å². The van der Waals surface area contributed by atoms with Gasteiger partial charge in [0.2, 0.25) is 0 Å². The molecular formula is C27H41N3O3. The molecule has 4 aliphatic carbocycles. The topological polar surface area (TPSA) is 67.9 Å². The van der Waals surface area contributed by atoms with Crippen LogP contribution in [-0.2, 0) is 22.6 Å². The Morgan fingerprint density at radius 1 is 1.15 bits per heavy atom. The summed E-state index contributed by atoms with van der Waals surface area (Å²) in [7, 11) is 4.04. The van der Waals surface area contributed by atoms with Gasteiger partial charge in [-0.05, 0) is 94.5 Å². The molecule has 0 saturated heterocycles. The maximum Gasteiger partial charge on any atom is 0.197 e. The van der Waals surface area contributed by atoms with E-state index in [1.54, 1.807) is 6.20 Å². The number of rotatable bonds is 6. The van der Waals surface area contributed by atoms with Crippen molar-refractivity contribution in [3.05, 3.63) is 17.8 Å². The minimum absolute atomic E-state index is 0.0183. The van der Waals surface area contributed by atoms with Crippen molar-refractivity contribution in [2.24, 2.45) is 39.7 Å². The third-order valence-electron chi connectivity index (χ3n) is 9.88. The van der Waals surface area contributed by atoms with Crippen molar-refractivity contribution in [3.63, 3.8) is 0 Å². The first kappa shape index (κ1) is 23.1. The molecule has 6 atom stereocenters. The van der Waals surface area contributed by atoms with Crippen molar-refractivity contribution in [2.45, 2.75) is 84.6 Å². The Morgan fingerprint density at radius 3 is 2.82 bits per heavy atom. The highest BCUT2D eigenvalue weighted by molar-refractivity contribution is 5.87. The van der Waals surface area contributed by atoms with E-state index in [2.05, 4.69) is 28.9 Å². The van der Waals surface area contributed by atoms with E-state index in [1.807, 2.05) is 14.1 Å². The van der Waals surface area contributed by atoms with Gasteiger partial charge in [-0.25, -0.2) is 4.98 Å². The van der Waals surface area contributed by atoms with Crippen molar-refractivity contribution < 1.29 is 14.0 Å². The molecule has 0 aromatic carbocycles. The van der Waals surface area contributed by atoms with E-state index < -0.39 is 0 Å². The van der Waals surface area contributed by atoms with E-state index >= 15 is 0 Å². The van der Waals surface area contributed by atoms with Gasteiger partial charge in [0.15, 0.2) is 5.89 Å². The zero-order valence-corrected chi connectivity index (χ0v) is 20.9. The quantitative estimate of drug-likeness (QED) is 0.432. The molecule has 1 heterocycles. The summed E-state index contributed by atoms with van der Waals surface area (Å²) in [4.78, 5) is 24.7. The van der Waals surface area contributed by atoms with Crippen LogP contribution in [0.2, 0.25) is 0 Å². The van der Waals surface area contributed by atoms with Gasteiger partial charge in [-0.2, -0.15) is 0 Å². The number of hydrogen-bond donors (Lipinski definition) is 0. The monoisotopic (exact) mass is 455 g/mol. The predicted molar refractivity (Wildman–Crippen MR) is 128 cm³/mol. The summed E-state index contributed by atoms with van der Waals surface area (Å²) in [5.74, 6) is 5.02. The number of ketones is 1. The molecule has 4 unspecified atom stereocenters. The van der Waals surface area contributed by atoms with E-state index in [1.165, 1.54) is 31.4 Å². The molecule has 0 radical (unpaired) electrons. The largest absolute Gasteiger partial charge is 0.444 e. The average molecular weight is 456 g/mol. The summed E-state index contributed by atoms with van der Waals surface area (Å²) in [6.45, 7) is 6.10. The zero-order chi connectivity index (χ0) is 23.2. The van der Waals surface area contributed by atoms with Crippen molar-refractivity contribution in [1.29, 1.82) is 0 Å². The molecular weight excluding hydrogens is 414 g/mol. The molecule has 5 rings (SSSR count). The second kappa shape index (κ2) is 8.83. The maximum atomic E-state index is 12.6. The fraction of sp³-hybridized carbons (Fsp3) is 0.815. The lowest BCUT2D eigenvalue weighted by Crippen LogP contribution is -2.53. The highest BCUT2D eigenvalue weighted by atomic mass is 16.6. The highest BCUT2D eigenvalue weighted by Crippen LogP contribution is 2.65. The Labute approximate surface area is 198 Å². The van der Waals surface area contributed by atoms with E-state index in [-0.39, 0.29) is 5.41 Å². The van der Waals surface area contributed by atoms with Crippen molar-refractivity contribution in [1.82, 2.24) is 9.88 Å². The summed E-state index contributed by atoms with van der Waals surface area (Å²) in [6.07, 6.45) is 12.7. The zero-order valence-electron chi connectivity index (χ0n) is 20.9. The second-order valence-corrected chi connectivity index (χ2v) is 12.0. The number of fused-ring (bicyclic) bond motifs is 5. The van der Waals surface area contributed by atoms with Gasteiger partial charge in [0, 0.05) is 11.8 Å². The number of oxazole rings is 1.